The molecule has 0 aliphatic carbocycles. The summed E-state index contributed by atoms with van der Waals surface area (Å²) in [5, 5.41) is 0. The van der Waals surface area contributed by atoms with E-state index in [1.807, 2.05) is 0 Å². The molecule has 0 fully saturated rings. The fraction of sp³-hybridized carbons (Fsp3) is 0.400. The highest BCUT2D eigenvalue weighted by Crippen LogP contribution is 2.35. The molecule has 4 nitrogen and oxygen atoms in total. The highest BCUT2D eigenvalue weighted by Gasteiger charge is 2.29. The van der Waals surface area contributed by atoms with E-state index in [1.165, 1.54) is 0 Å². The maximum atomic E-state index is 14.4. The molecule has 3 rings (SSSR count). The van der Waals surface area contributed by atoms with Crippen LogP contribution in [0.3, 0.4) is 0 Å². The summed E-state index contributed by atoms with van der Waals surface area (Å²) in [5.74, 6) is -35.1. The molecule has 0 saturated heterocycles. The second-order valence-electron chi connectivity index (χ2n) is 9.93. The lowest BCUT2D eigenvalue weighted by atomic mass is 10.2. The van der Waals surface area contributed by atoms with Crippen LogP contribution in [0.15, 0.2) is 0 Å². The van der Waals surface area contributed by atoms with Crippen molar-refractivity contribution >= 4 is 0 Å². The van der Waals surface area contributed by atoms with Crippen molar-refractivity contribution in [2.75, 3.05) is 26.4 Å². The second-order valence-corrected chi connectivity index (χ2v) is 9.93. The third-order valence-electron chi connectivity index (χ3n) is 6.58. The van der Waals surface area contributed by atoms with Crippen LogP contribution in [-0.4, -0.2) is 26.4 Å². The molecule has 3 aromatic rings. The van der Waals surface area contributed by atoms with Crippen LogP contribution < -0.4 is 18.9 Å². The van der Waals surface area contributed by atoms with Crippen LogP contribution in [0.25, 0.3) is 0 Å². The summed E-state index contributed by atoms with van der Waals surface area (Å²) in [6.45, 7) is -1.75. The van der Waals surface area contributed by atoms with Gasteiger partial charge in [-0.25, -0.2) is 26.3 Å². The minimum atomic E-state index is -2.34. The molecule has 0 bridgehead atoms. The van der Waals surface area contributed by atoms with Crippen molar-refractivity contribution in [1.82, 2.24) is 0 Å². The fourth-order valence-corrected chi connectivity index (χ4v) is 4.08. The summed E-state index contributed by atoms with van der Waals surface area (Å²) >= 11 is 0. The van der Waals surface area contributed by atoms with Gasteiger partial charge in [-0.05, 0) is 51.4 Å². The SMILES string of the molecule is Fc1c(F)c(F)c(OCCCCCCOc2c(F)c(F)c(OCCCCCCOc3c(F)c(F)c(F)c(F)c3F)c(F)c2F)c(F)c1F. The van der Waals surface area contributed by atoms with Gasteiger partial charge in [0.15, 0.2) is 23.0 Å². The van der Waals surface area contributed by atoms with E-state index in [-0.39, 0.29) is 51.4 Å². The minimum absolute atomic E-state index is 0.0592. The van der Waals surface area contributed by atoms with Gasteiger partial charge in [0.1, 0.15) is 0 Å². The first-order valence-corrected chi connectivity index (χ1v) is 14.1. The second kappa shape index (κ2) is 17.3. The molecule has 0 atom stereocenters. The number of ether oxygens (including phenoxy) is 4. The third kappa shape index (κ3) is 8.66. The molecule has 266 valence electrons. The average Bonchev–Trinajstić information content (AvgIpc) is 3.07. The van der Waals surface area contributed by atoms with E-state index in [4.69, 9.17) is 9.47 Å². The Bertz CT molecular complexity index is 1400. The smallest absolute Gasteiger partial charge is 0.207 e. The molecule has 3 aromatic carbocycles. The van der Waals surface area contributed by atoms with Gasteiger partial charge in [0.05, 0.1) is 26.4 Å². The lowest BCUT2D eigenvalue weighted by Gasteiger charge is -2.14. The molecular weight excluding hydrogens is 690 g/mol. The summed E-state index contributed by atoms with van der Waals surface area (Å²) in [6, 6.07) is 0. The van der Waals surface area contributed by atoms with E-state index < -0.39 is 131 Å². The number of hydrogen-bond donors (Lipinski definition) is 0. The maximum absolute atomic E-state index is 14.4. The number of rotatable bonds is 18. The lowest BCUT2D eigenvalue weighted by molar-refractivity contribution is 0.232. The van der Waals surface area contributed by atoms with Gasteiger partial charge in [0.25, 0.3) is 0 Å². The predicted octanol–water partition coefficient (Wildman–Crippen LogP) is 9.67. The average molecular weight is 714 g/mol. The predicted molar refractivity (Wildman–Crippen MR) is 138 cm³/mol. The molecule has 0 radical (unpaired) electrons. The Labute approximate surface area is 263 Å². The minimum Gasteiger partial charge on any atom is -0.487 e. The molecule has 0 saturated carbocycles. The first kappa shape index (κ1) is 38.3. The molecule has 18 heteroatoms. The summed E-state index contributed by atoms with van der Waals surface area (Å²) < 4.78 is 210. The van der Waals surface area contributed by atoms with Crippen LogP contribution in [0.4, 0.5) is 61.5 Å². The molecule has 0 aliphatic rings. The van der Waals surface area contributed by atoms with Gasteiger partial charge >= 0.3 is 0 Å². The zero-order valence-corrected chi connectivity index (χ0v) is 24.4. The first-order valence-electron chi connectivity index (χ1n) is 14.1. The maximum Gasteiger partial charge on any atom is 0.207 e. The number of unbranched alkanes of at least 4 members (excludes halogenated alkanes) is 6. The Balaban J connectivity index is 1.37. The number of benzene rings is 3. The highest BCUT2D eigenvalue weighted by molar-refractivity contribution is 5.38. The molecule has 0 heterocycles. The third-order valence-corrected chi connectivity index (χ3v) is 6.58. The van der Waals surface area contributed by atoms with Crippen molar-refractivity contribution in [3.8, 4) is 23.0 Å². The number of hydrogen-bond acceptors (Lipinski definition) is 4. The summed E-state index contributed by atoms with van der Waals surface area (Å²) in [6.07, 6.45) is 1.19. The van der Waals surface area contributed by atoms with Crippen LogP contribution >= 0.6 is 0 Å². The van der Waals surface area contributed by atoms with E-state index in [2.05, 4.69) is 9.47 Å². The Hall–Kier alpha value is -4.12. The van der Waals surface area contributed by atoms with Crippen LogP contribution in [0, 0.1) is 81.4 Å². The van der Waals surface area contributed by atoms with E-state index in [1.54, 1.807) is 0 Å². The van der Waals surface area contributed by atoms with Crippen molar-refractivity contribution in [2.24, 2.45) is 0 Å². The zero-order chi connectivity index (χ0) is 35.7. The molecule has 0 N–H and O–H groups in total. The van der Waals surface area contributed by atoms with Gasteiger partial charge in [-0.1, -0.05) is 0 Å². The fourth-order valence-electron chi connectivity index (χ4n) is 4.08. The summed E-state index contributed by atoms with van der Waals surface area (Å²) in [4.78, 5) is 0. The molecule has 0 spiro atoms. The number of halogens is 14. The molecule has 48 heavy (non-hydrogen) atoms. The van der Waals surface area contributed by atoms with Gasteiger partial charge in [0.2, 0.25) is 81.4 Å². The van der Waals surface area contributed by atoms with Crippen molar-refractivity contribution in [1.29, 1.82) is 0 Å². The Kier molecular flexibility index (Phi) is 13.8. The van der Waals surface area contributed by atoms with Crippen molar-refractivity contribution < 1.29 is 80.4 Å². The topological polar surface area (TPSA) is 36.9 Å². The Morgan fingerprint density at radius 3 is 0.542 bits per heavy atom. The molecular formula is C30H24F14O4. The standard InChI is InChI=1S/C30H24F14O4/c31-13-15(33)19(37)27(20(38)16(13)34)45-9-5-1-3-7-11-47-29-23(41)25(43)30(26(44)24(29)42)48-12-8-4-2-6-10-46-28-21(39)17(35)14(32)18(36)22(28)40/h1-12H2. The van der Waals surface area contributed by atoms with Crippen LogP contribution in [0.5, 0.6) is 23.0 Å². The van der Waals surface area contributed by atoms with Crippen LogP contribution in [0.1, 0.15) is 51.4 Å². The van der Waals surface area contributed by atoms with Crippen molar-refractivity contribution in [2.45, 2.75) is 51.4 Å². The largest absolute Gasteiger partial charge is 0.487 e. The van der Waals surface area contributed by atoms with E-state index in [0.717, 1.165) is 0 Å². The first-order chi connectivity index (χ1) is 22.7. The molecule has 0 unspecified atom stereocenters. The van der Waals surface area contributed by atoms with E-state index >= 15 is 0 Å². The molecule has 0 amide bonds. The normalized spacial score (nSPS) is 11.3. The monoisotopic (exact) mass is 714 g/mol. The quantitative estimate of drug-likeness (QED) is 0.0570. The molecule has 0 aromatic heterocycles. The summed E-state index contributed by atoms with van der Waals surface area (Å²) in [5.41, 5.74) is 0. The van der Waals surface area contributed by atoms with Crippen LogP contribution in [-0.2, 0) is 0 Å². The Morgan fingerprint density at radius 1 is 0.208 bits per heavy atom. The van der Waals surface area contributed by atoms with Gasteiger partial charge in [-0.3, -0.25) is 0 Å². The van der Waals surface area contributed by atoms with Crippen molar-refractivity contribution in [3.05, 3.63) is 81.4 Å². The lowest BCUT2D eigenvalue weighted by Crippen LogP contribution is -2.10. The van der Waals surface area contributed by atoms with Gasteiger partial charge < -0.3 is 18.9 Å². The molecule has 0 aliphatic heterocycles. The Morgan fingerprint density at radius 2 is 0.354 bits per heavy atom. The van der Waals surface area contributed by atoms with Gasteiger partial charge in [0, 0.05) is 0 Å². The zero-order valence-electron chi connectivity index (χ0n) is 24.4. The van der Waals surface area contributed by atoms with Gasteiger partial charge in [-0.15, -0.1) is 0 Å². The summed E-state index contributed by atoms with van der Waals surface area (Å²) in [7, 11) is 0. The highest BCUT2D eigenvalue weighted by atomic mass is 19.2. The van der Waals surface area contributed by atoms with Crippen LogP contribution in [0.2, 0.25) is 0 Å². The van der Waals surface area contributed by atoms with E-state index in [0.29, 0.717) is 0 Å². The van der Waals surface area contributed by atoms with E-state index in [9.17, 15) is 61.5 Å². The van der Waals surface area contributed by atoms with Crippen molar-refractivity contribution in [3.63, 3.8) is 0 Å². The van der Waals surface area contributed by atoms with Gasteiger partial charge in [-0.2, -0.15) is 35.1 Å².